The van der Waals surface area contributed by atoms with Crippen molar-refractivity contribution in [2.24, 2.45) is 0 Å². The van der Waals surface area contributed by atoms with Crippen molar-refractivity contribution in [3.05, 3.63) is 36.2 Å². The summed E-state index contributed by atoms with van der Waals surface area (Å²) in [6.45, 7) is 4.02. The molecule has 0 N–H and O–H groups in total. The van der Waals surface area contributed by atoms with E-state index in [0.717, 1.165) is 24.4 Å². The third-order valence-corrected chi connectivity index (χ3v) is 4.39. The van der Waals surface area contributed by atoms with Gasteiger partial charge in [0.25, 0.3) is 0 Å². The van der Waals surface area contributed by atoms with Gasteiger partial charge in [-0.1, -0.05) is 30.0 Å². The highest BCUT2D eigenvalue weighted by Gasteiger charge is 2.31. The maximum Gasteiger partial charge on any atom is 0.319 e. The van der Waals surface area contributed by atoms with E-state index in [1.165, 1.54) is 11.8 Å². The molecule has 1 aliphatic rings. The van der Waals surface area contributed by atoms with Crippen LogP contribution in [0.25, 0.3) is 5.69 Å². The molecule has 2 aromatic rings. The minimum atomic E-state index is -0.307. The molecule has 1 aromatic heterocycles. The van der Waals surface area contributed by atoms with Crippen LogP contribution in [0.15, 0.2) is 35.5 Å². The fourth-order valence-electron chi connectivity index (χ4n) is 2.19. The molecule has 1 aromatic carbocycles. The van der Waals surface area contributed by atoms with E-state index >= 15 is 0 Å². The molecule has 22 heavy (non-hydrogen) atoms. The molecule has 0 amide bonds. The Labute approximate surface area is 134 Å². The van der Waals surface area contributed by atoms with E-state index in [-0.39, 0.29) is 11.2 Å². The lowest BCUT2D eigenvalue weighted by molar-refractivity contribution is -0.142. The lowest BCUT2D eigenvalue weighted by Gasteiger charge is -2.07. The van der Waals surface area contributed by atoms with E-state index in [9.17, 15) is 4.79 Å². The molecule has 0 aliphatic heterocycles. The average Bonchev–Trinajstić information content (AvgIpc) is 3.29. The fraction of sp³-hybridized carbons (Fsp3) is 0.438. The van der Waals surface area contributed by atoms with Crippen LogP contribution in [0.1, 0.15) is 38.4 Å². The molecule has 6 heteroatoms. The van der Waals surface area contributed by atoms with Gasteiger partial charge in [0.05, 0.1) is 12.3 Å². The van der Waals surface area contributed by atoms with Gasteiger partial charge in [-0.15, -0.1) is 5.10 Å². The lowest BCUT2D eigenvalue weighted by atomic mass is 10.3. The molecule has 0 spiro atoms. The van der Waals surface area contributed by atoms with Crippen LogP contribution < -0.4 is 0 Å². The molecule has 3 rings (SSSR count). The zero-order valence-electron chi connectivity index (χ0n) is 12.7. The monoisotopic (exact) mass is 317 g/mol. The second kappa shape index (κ2) is 6.52. The highest BCUT2D eigenvalue weighted by molar-refractivity contribution is 8.00. The first kappa shape index (κ1) is 15.1. The molecule has 5 nitrogen and oxygen atoms in total. The van der Waals surface area contributed by atoms with Crippen LogP contribution in [-0.2, 0) is 9.53 Å². The van der Waals surface area contributed by atoms with E-state index in [1.54, 1.807) is 0 Å². The van der Waals surface area contributed by atoms with Crippen LogP contribution in [0.4, 0.5) is 0 Å². The number of esters is 1. The van der Waals surface area contributed by atoms with E-state index in [1.807, 2.05) is 48.9 Å². The zero-order valence-corrected chi connectivity index (χ0v) is 13.5. The van der Waals surface area contributed by atoms with Gasteiger partial charge in [0, 0.05) is 5.92 Å². The second-order valence-electron chi connectivity index (χ2n) is 5.29. The van der Waals surface area contributed by atoms with E-state index in [4.69, 9.17) is 4.74 Å². The van der Waals surface area contributed by atoms with Crippen LogP contribution in [-0.4, -0.2) is 32.6 Å². The molecule has 1 heterocycles. The Kier molecular flexibility index (Phi) is 4.47. The normalized spacial score (nSPS) is 15.5. The highest BCUT2D eigenvalue weighted by Crippen LogP contribution is 2.40. The second-order valence-corrected chi connectivity index (χ2v) is 6.59. The summed E-state index contributed by atoms with van der Waals surface area (Å²) < 4.78 is 6.94. The van der Waals surface area contributed by atoms with Crippen molar-refractivity contribution in [3.8, 4) is 5.69 Å². The Morgan fingerprint density at radius 1 is 1.41 bits per heavy atom. The van der Waals surface area contributed by atoms with Crippen molar-refractivity contribution >= 4 is 17.7 Å². The van der Waals surface area contributed by atoms with Gasteiger partial charge in [0.1, 0.15) is 11.1 Å². The Balaban J connectivity index is 1.83. The molecule has 0 bridgehead atoms. The maximum atomic E-state index is 11.7. The standard InChI is InChI=1S/C16H19N3O2S/c1-3-21-15(20)11(2)22-16-17-14(12-9-10-12)19(18-16)13-7-5-4-6-8-13/h4-8,11-12H,3,9-10H2,1-2H3/t11-/m0/s1. The van der Waals surface area contributed by atoms with E-state index in [2.05, 4.69) is 10.1 Å². The first-order valence-corrected chi connectivity index (χ1v) is 8.42. The number of rotatable bonds is 6. The van der Waals surface area contributed by atoms with Gasteiger partial charge in [0.15, 0.2) is 0 Å². The van der Waals surface area contributed by atoms with Gasteiger partial charge in [0.2, 0.25) is 5.16 Å². The molecule has 1 fully saturated rings. The molecule has 0 radical (unpaired) electrons. The number of carbonyl (C=O) groups excluding carboxylic acids is 1. The van der Waals surface area contributed by atoms with Gasteiger partial charge >= 0.3 is 5.97 Å². The van der Waals surface area contributed by atoms with Gasteiger partial charge in [-0.25, -0.2) is 9.67 Å². The van der Waals surface area contributed by atoms with Gasteiger partial charge in [-0.3, -0.25) is 4.79 Å². The smallest absolute Gasteiger partial charge is 0.319 e. The van der Waals surface area contributed by atoms with Crippen LogP contribution >= 0.6 is 11.8 Å². The first-order chi connectivity index (χ1) is 10.7. The number of thioether (sulfide) groups is 1. The van der Waals surface area contributed by atoms with Crippen molar-refractivity contribution in [2.75, 3.05) is 6.61 Å². The average molecular weight is 317 g/mol. The summed E-state index contributed by atoms with van der Waals surface area (Å²) in [7, 11) is 0. The zero-order chi connectivity index (χ0) is 15.5. The Morgan fingerprint density at radius 3 is 2.77 bits per heavy atom. The van der Waals surface area contributed by atoms with Crippen LogP contribution in [0, 0.1) is 0 Å². The summed E-state index contributed by atoms with van der Waals surface area (Å²) in [4.78, 5) is 16.4. The van der Waals surface area contributed by atoms with E-state index in [0.29, 0.717) is 17.7 Å². The minimum absolute atomic E-state index is 0.225. The number of ether oxygens (including phenoxy) is 1. The summed E-state index contributed by atoms with van der Waals surface area (Å²) in [5, 5.41) is 4.91. The molecule has 0 unspecified atom stereocenters. The summed E-state index contributed by atoms with van der Waals surface area (Å²) >= 11 is 1.35. The minimum Gasteiger partial charge on any atom is -0.465 e. The van der Waals surface area contributed by atoms with Crippen molar-refractivity contribution in [2.45, 2.75) is 43.0 Å². The molecular formula is C16H19N3O2S. The number of hydrogen-bond acceptors (Lipinski definition) is 5. The van der Waals surface area contributed by atoms with Crippen LogP contribution in [0.3, 0.4) is 0 Å². The Bertz CT molecular complexity index is 653. The SMILES string of the molecule is CCOC(=O)[C@H](C)Sc1nc(C2CC2)n(-c2ccccc2)n1. The first-order valence-electron chi connectivity index (χ1n) is 7.54. The number of benzene rings is 1. The van der Waals surface area contributed by atoms with Gasteiger partial charge in [-0.2, -0.15) is 0 Å². The number of carbonyl (C=O) groups is 1. The molecule has 1 saturated carbocycles. The molecule has 1 atom stereocenters. The number of hydrogen-bond donors (Lipinski definition) is 0. The van der Waals surface area contributed by atoms with Crippen molar-refractivity contribution in [1.82, 2.24) is 14.8 Å². The summed E-state index contributed by atoms with van der Waals surface area (Å²) in [5.41, 5.74) is 1.01. The lowest BCUT2D eigenvalue weighted by Crippen LogP contribution is -2.16. The van der Waals surface area contributed by atoms with Crippen molar-refractivity contribution < 1.29 is 9.53 Å². The largest absolute Gasteiger partial charge is 0.465 e. The number of para-hydroxylation sites is 1. The Morgan fingerprint density at radius 2 is 2.14 bits per heavy atom. The predicted octanol–water partition coefficient (Wildman–Crippen LogP) is 3.19. The van der Waals surface area contributed by atoms with Crippen molar-refractivity contribution in [3.63, 3.8) is 0 Å². The molecule has 1 aliphatic carbocycles. The topological polar surface area (TPSA) is 57.0 Å². The van der Waals surface area contributed by atoms with Crippen LogP contribution in [0.2, 0.25) is 0 Å². The highest BCUT2D eigenvalue weighted by atomic mass is 32.2. The van der Waals surface area contributed by atoms with E-state index < -0.39 is 0 Å². The maximum absolute atomic E-state index is 11.7. The summed E-state index contributed by atoms with van der Waals surface area (Å²) in [6, 6.07) is 9.99. The summed E-state index contributed by atoms with van der Waals surface area (Å²) in [6.07, 6.45) is 2.31. The van der Waals surface area contributed by atoms with Gasteiger partial charge in [-0.05, 0) is 38.8 Å². The fourth-order valence-corrected chi connectivity index (χ4v) is 2.94. The third-order valence-electron chi connectivity index (χ3n) is 3.46. The van der Waals surface area contributed by atoms with Crippen molar-refractivity contribution in [1.29, 1.82) is 0 Å². The number of aromatic nitrogens is 3. The molecule has 116 valence electrons. The quantitative estimate of drug-likeness (QED) is 0.605. The third kappa shape index (κ3) is 3.32. The molecular weight excluding hydrogens is 298 g/mol. The molecule has 0 saturated heterocycles. The Hall–Kier alpha value is -1.82. The predicted molar refractivity (Wildman–Crippen MR) is 85.3 cm³/mol. The number of nitrogens with zero attached hydrogens (tertiary/aromatic N) is 3. The summed E-state index contributed by atoms with van der Waals surface area (Å²) in [5.74, 6) is 1.25. The van der Waals surface area contributed by atoms with Gasteiger partial charge < -0.3 is 4.74 Å². The van der Waals surface area contributed by atoms with Crippen LogP contribution in [0.5, 0.6) is 0 Å².